The first-order valence-corrected chi connectivity index (χ1v) is 12.0. The fourth-order valence-corrected chi connectivity index (χ4v) is 5.80. The van der Waals surface area contributed by atoms with E-state index in [-0.39, 0.29) is 28.1 Å². The average Bonchev–Trinajstić information content (AvgIpc) is 3.35. The first kappa shape index (κ1) is 21.2. The number of sulfonamides is 1. The number of hydrogen-bond acceptors (Lipinski definition) is 4. The number of nitrogens with one attached hydrogen (secondary N) is 1. The molecule has 2 atom stereocenters. The third kappa shape index (κ3) is 3.82. The third-order valence-corrected chi connectivity index (χ3v) is 7.68. The molecule has 0 aromatic heterocycles. The van der Waals surface area contributed by atoms with Crippen LogP contribution in [0.4, 0.5) is 5.69 Å². The molecule has 1 amide bonds. The maximum absolute atomic E-state index is 13.3. The van der Waals surface area contributed by atoms with E-state index in [9.17, 15) is 13.2 Å². The van der Waals surface area contributed by atoms with Crippen LogP contribution < -0.4 is 15.2 Å². The van der Waals surface area contributed by atoms with Crippen LogP contribution >= 0.6 is 11.6 Å². The van der Waals surface area contributed by atoms with Crippen LogP contribution in [0.2, 0.25) is 5.02 Å². The number of anilines is 1. The summed E-state index contributed by atoms with van der Waals surface area (Å²) in [5, 5.41) is 8.75. The Balaban J connectivity index is 1.62. The molecule has 2 aromatic rings. The minimum atomic E-state index is -3.75. The molecule has 2 aromatic carbocycles. The van der Waals surface area contributed by atoms with Crippen LogP contribution in [0.25, 0.3) is 0 Å². The highest BCUT2D eigenvalue weighted by Gasteiger charge is 2.67. The van der Waals surface area contributed by atoms with E-state index in [1.807, 2.05) is 0 Å². The second kappa shape index (κ2) is 7.87. The van der Waals surface area contributed by atoms with Crippen molar-refractivity contribution in [2.24, 2.45) is 16.5 Å². The molecule has 2 fully saturated rings. The standard InChI is InChI=1S/C22H25ClN2O4S/c1-29-18-10-7-15(23)13-17(18)25-21(26)20-19(22(20)11-3-2-4-12-22)14-5-8-16(9-6-14)30(24,27)28/h5-10,13,19-20H,2-4,11-12H2,1H3,(H,25,26)(H2,24,27,28)/t19-,20+/m1/s1. The van der Waals surface area contributed by atoms with Gasteiger partial charge in [-0.15, -0.1) is 0 Å². The lowest BCUT2D eigenvalue weighted by molar-refractivity contribution is -0.118. The van der Waals surface area contributed by atoms with Crippen LogP contribution in [0.5, 0.6) is 5.75 Å². The predicted octanol–water partition coefficient (Wildman–Crippen LogP) is 4.30. The van der Waals surface area contributed by atoms with Crippen LogP contribution in [0, 0.1) is 11.3 Å². The van der Waals surface area contributed by atoms with Gasteiger partial charge in [-0.3, -0.25) is 4.79 Å². The van der Waals surface area contributed by atoms with Gasteiger partial charge < -0.3 is 10.1 Å². The Morgan fingerprint density at radius 3 is 2.40 bits per heavy atom. The number of carbonyl (C=O) groups is 1. The van der Waals surface area contributed by atoms with E-state index < -0.39 is 10.0 Å². The van der Waals surface area contributed by atoms with Gasteiger partial charge in [-0.2, -0.15) is 0 Å². The molecule has 3 N–H and O–H groups in total. The number of carbonyl (C=O) groups excluding carboxylic acids is 1. The Labute approximate surface area is 181 Å². The van der Waals surface area contributed by atoms with Crippen LogP contribution in [-0.4, -0.2) is 21.4 Å². The van der Waals surface area contributed by atoms with E-state index in [1.54, 1.807) is 37.4 Å². The number of ether oxygens (including phenoxy) is 1. The molecule has 0 aliphatic heterocycles. The van der Waals surface area contributed by atoms with Crippen molar-refractivity contribution >= 4 is 33.2 Å². The second-order valence-electron chi connectivity index (χ2n) is 8.20. The molecule has 2 saturated carbocycles. The number of amides is 1. The lowest BCUT2D eigenvalue weighted by atomic mass is 9.82. The lowest BCUT2D eigenvalue weighted by Gasteiger charge is -2.23. The Hall–Kier alpha value is -2.09. The van der Waals surface area contributed by atoms with Crippen molar-refractivity contribution in [2.75, 3.05) is 12.4 Å². The smallest absolute Gasteiger partial charge is 0.238 e. The molecule has 2 aliphatic rings. The van der Waals surface area contributed by atoms with E-state index in [0.29, 0.717) is 16.5 Å². The van der Waals surface area contributed by atoms with Crippen LogP contribution in [0.3, 0.4) is 0 Å². The third-order valence-electron chi connectivity index (χ3n) is 6.52. The molecule has 8 heteroatoms. The summed E-state index contributed by atoms with van der Waals surface area (Å²) in [6.45, 7) is 0. The molecule has 0 bridgehead atoms. The van der Waals surface area contributed by atoms with E-state index in [4.69, 9.17) is 21.5 Å². The number of primary sulfonamides is 1. The Morgan fingerprint density at radius 1 is 1.13 bits per heavy atom. The molecule has 0 unspecified atom stereocenters. The van der Waals surface area contributed by atoms with Crippen molar-refractivity contribution in [3.05, 3.63) is 53.1 Å². The maximum Gasteiger partial charge on any atom is 0.238 e. The van der Waals surface area contributed by atoms with Gasteiger partial charge >= 0.3 is 0 Å². The molecule has 0 saturated heterocycles. The SMILES string of the molecule is COc1ccc(Cl)cc1NC(=O)[C@@H]1[C@@H](c2ccc(S(N)(=O)=O)cc2)C12CCCCC2. The fourth-order valence-electron chi connectivity index (χ4n) is 5.11. The fraction of sp³-hybridized carbons (Fsp3) is 0.409. The van der Waals surface area contributed by atoms with E-state index in [2.05, 4.69) is 5.32 Å². The summed E-state index contributed by atoms with van der Waals surface area (Å²) in [6, 6.07) is 11.7. The van der Waals surface area contributed by atoms with Crippen LogP contribution in [-0.2, 0) is 14.8 Å². The first-order valence-electron chi connectivity index (χ1n) is 10.0. The molecule has 2 aliphatic carbocycles. The number of hydrogen-bond donors (Lipinski definition) is 2. The molecule has 30 heavy (non-hydrogen) atoms. The summed E-state index contributed by atoms with van der Waals surface area (Å²) in [6.07, 6.45) is 5.33. The summed E-state index contributed by atoms with van der Waals surface area (Å²) in [4.78, 5) is 13.4. The molecular formula is C22H25ClN2O4S. The van der Waals surface area contributed by atoms with Crippen molar-refractivity contribution < 1.29 is 17.9 Å². The molecule has 160 valence electrons. The molecule has 0 heterocycles. The van der Waals surface area contributed by atoms with Gasteiger partial charge in [0.2, 0.25) is 15.9 Å². The van der Waals surface area contributed by atoms with E-state index in [0.717, 1.165) is 31.2 Å². The zero-order valence-electron chi connectivity index (χ0n) is 16.7. The summed E-state index contributed by atoms with van der Waals surface area (Å²) in [5.41, 5.74) is 1.44. The maximum atomic E-state index is 13.3. The van der Waals surface area contributed by atoms with Crippen molar-refractivity contribution in [3.8, 4) is 5.75 Å². The van der Waals surface area contributed by atoms with Crippen molar-refractivity contribution in [1.82, 2.24) is 0 Å². The van der Waals surface area contributed by atoms with E-state index in [1.165, 1.54) is 18.6 Å². The minimum absolute atomic E-state index is 0.0532. The van der Waals surface area contributed by atoms with Gasteiger partial charge in [0.25, 0.3) is 0 Å². The zero-order valence-corrected chi connectivity index (χ0v) is 18.3. The van der Waals surface area contributed by atoms with Crippen molar-refractivity contribution in [2.45, 2.75) is 42.9 Å². The highest BCUT2D eigenvalue weighted by molar-refractivity contribution is 7.89. The quantitative estimate of drug-likeness (QED) is 0.712. The highest BCUT2D eigenvalue weighted by Crippen LogP contribution is 2.71. The minimum Gasteiger partial charge on any atom is -0.495 e. The van der Waals surface area contributed by atoms with Gasteiger partial charge in [-0.25, -0.2) is 13.6 Å². The zero-order chi connectivity index (χ0) is 21.5. The summed E-state index contributed by atoms with van der Waals surface area (Å²) < 4.78 is 28.5. The first-order chi connectivity index (χ1) is 14.3. The van der Waals surface area contributed by atoms with Gasteiger partial charge in [0.1, 0.15) is 5.75 Å². The number of methoxy groups -OCH3 is 1. The van der Waals surface area contributed by atoms with Crippen LogP contribution in [0.1, 0.15) is 43.6 Å². The second-order valence-corrected chi connectivity index (χ2v) is 10.2. The highest BCUT2D eigenvalue weighted by atomic mass is 35.5. The average molecular weight is 449 g/mol. The van der Waals surface area contributed by atoms with Gasteiger partial charge in [-0.1, -0.05) is 43.0 Å². The van der Waals surface area contributed by atoms with Crippen LogP contribution in [0.15, 0.2) is 47.4 Å². The van der Waals surface area contributed by atoms with Crippen molar-refractivity contribution in [3.63, 3.8) is 0 Å². The molecular weight excluding hydrogens is 424 g/mol. The van der Waals surface area contributed by atoms with Gasteiger partial charge in [0.15, 0.2) is 0 Å². The normalized spacial score (nSPS) is 22.5. The van der Waals surface area contributed by atoms with Crippen molar-refractivity contribution in [1.29, 1.82) is 0 Å². The predicted molar refractivity (Wildman–Crippen MR) is 116 cm³/mol. The molecule has 4 rings (SSSR count). The summed E-state index contributed by atoms with van der Waals surface area (Å²) in [7, 11) is -2.20. The number of benzene rings is 2. The summed E-state index contributed by atoms with van der Waals surface area (Å²) >= 11 is 6.10. The Bertz CT molecular complexity index is 1060. The van der Waals surface area contributed by atoms with Gasteiger partial charge in [-0.05, 0) is 54.2 Å². The molecule has 6 nitrogen and oxygen atoms in total. The molecule has 0 radical (unpaired) electrons. The number of nitrogens with two attached hydrogens (primary N) is 1. The van der Waals surface area contributed by atoms with Gasteiger partial charge in [0.05, 0.1) is 23.6 Å². The lowest BCUT2D eigenvalue weighted by Crippen LogP contribution is -2.20. The Kier molecular flexibility index (Phi) is 5.55. The number of rotatable bonds is 5. The summed E-state index contributed by atoms with van der Waals surface area (Å²) in [5.74, 6) is 0.373. The Morgan fingerprint density at radius 2 is 1.80 bits per heavy atom. The topological polar surface area (TPSA) is 98.5 Å². The number of halogens is 1. The molecule has 1 spiro atoms. The van der Waals surface area contributed by atoms with Gasteiger partial charge in [0, 0.05) is 10.9 Å². The van der Waals surface area contributed by atoms with E-state index >= 15 is 0 Å². The largest absolute Gasteiger partial charge is 0.495 e. The monoisotopic (exact) mass is 448 g/mol.